The average Bonchev–Trinajstić information content (AvgIpc) is 2.66. The van der Waals surface area contributed by atoms with Gasteiger partial charge >= 0.3 is 0 Å². The molecule has 0 radical (unpaired) electrons. The smallest absolute Gasteiger partial charge is 0.0296 e. The van der Waals surface area contributed by atoms with Crippen molar-refractivity contribution in [3.05, 3.63) is 0 Å². The molecule has 0 amide bonds. The molecule has 0 spiro atoms. The van der Waals surface area contributed by atoms with Crippen LogP contribution in [0.4, 0.5) is 0 Å². The first-order valence-electron chi connectivity index (χ1n) is 9.21. The Morgan fingerprint density at radius 1 is 0.762 bits per heavy atom. The molecule has 5 unspecified atom stereocenters. The Bertz CT molecular complexity index is 331. The van der Waals surface area contributed by atoms with E-state index < -0.39 is 0 Å². The first-order valence-corrected chi connectivity index (χ1v) is 9.21. The van der Waals surface area contributed by atoms with Crippen molar-refractivity contribution < 1.29 is 0 Å². The van der Waals surface area contributed by atoms with E-state index in [2.05, 4.69) is 76.2 Å². The standard InChI is InChI=1S/C21H42/c1-12-14(2)15-13-16(19(3,4)5)18(21(9,10)11)17(15)20(6,7)8/h14-18H,12-13H2,1-11H3. The highest BCUT2D eigenvalue weighted by Gasteiger charge is 2.55. The molecule has 0 saturated heterocycles. The van der Waals surface area contributed by atoms with Gasteiger partial charge in [-0.15, -0.1) is 0 Å². The molecule has 5 atom stereocenters. The molecule has 1 aliphatic rings. The first-order chi connectivity index (χ1) is 9.21. The molecule has 0 bridgehead atoms. The number of rotatable bonds is 2. The van der Waals surface area contributed by atoms with Crippen LogP contribution >= 0.6 is 0 Å². The van der Waals surface area contributed by atoms with Gasteiger partial charge in [-0.2, -0.15) is 0 Å². The van der Waals surface area contributed by atoms with Gasteiger partial charge in [0.2, 0.25) is 0 Å². The van der Waals surface area contributed by atoms with Crippen molar-refractivity contribution in [3.63, 3.8) is 0 Å². The molecule has 21 heavy (non-hydrogen) atoms. The van der Waals surface area contributed by atoms with Gasteiger partial charge < -0.3 is 0 Å². The summed E-state index contributed by atoms with van der Waals surface area (Å²) in [4.78, 5) is 0. The highest BCUT2D eigenvalue weighted by Crippen LogP contribution is 2.62. The molecule has 0 heteroatoms. The van der Waals surface area contributed by atoms with E-state index in [0.29, 0.717) is 16.2 Å². The summed E-state index contributed by atoms with van der Waals surface area (Å²) in [5, 5.41) is 0. The summed E-state index contributed by atoms with van der Waals surface area (Å²) in [6.45, 7) is 27.2. The van der Waals surface area contributed by atoms with E-state index in [1.54, 1.807) is 0 Å². The third kappa shape index (κ3) is 4.05. The van der Waals surface area contributed by atoms with E-state index in [1.165, 1.54) is 12.8 Å². The van der Waals surface area contributed by atoms with Crippen molar-refractivity contribution in [2.24, 2.45) is 45.8 Å². The lowest BCUT2D eigenvalue weighted by Gasteiger charge is -2.47. The maximum Gasteiger partial charge on any atom is -0.0296 e. The Labute approximate surface area is 135 Å². The van der Waals surface area contributed by atoms with Crippen LogP contribution in [0.25, 0.3) is 0 Å². The molecule has 1 fully saturated rings. The summed E-state index contributed by atoms with van der Waals surface area (Å²) in [5.74, 6) is 4.27. The monoisotopic (exact) mass is 294 g/mol. The van der Waals surface area contributed by atoms with Crippen LogP contribution in [0, 0.1) is 45.8 Å². The van der Waals surface area contributed by atoms with Crippen LogP contribution in [-0.2, 0) is 0 Å². The second kappa shape index (κ2) is 5.89. The molecule has 1 aliphatic carbocycles. The number of hydrogen-bond donors (Lipinski definition) is 0. The quantitative estimate of drug-likeness (QED) is 0.512. The predicted molar refractivity (Wildman–Crippen MR) is 96.4 cm³/mol. The van der Waals surface area contributed by atoms with Crippen molar-refractivity contribution in [3.8, 4) is 0 Å². The SMILES string of the molecule is CCC(C)C1CC(C(C)(C)C)C(C(C)(C)C)C1C(C)(C)C. The van der Waals surface area contributed by atoms with Crippen molar-refractivity contribution in [2.75, 3.05) is 0 Å². The lowest BCUT2D eigenvalue weighted by atomic mass is 9.58. The minimum atomic E-state index is 0.401. The summed E-state index contributed by atoms with van der Waals surface area (Å²) >= 11 is 0. The zero-order valence-electron chi connectivity index (χ0n) is 16.8. The van der Waals surface area contributed by atoms with Gasteiger partial charge in [-0.05, 0) is 52.3 Å². The van der Waals surface area contributed by atoms with E-state index in [0.717, 1.165) is 29.6 Å². The summed E-state index contributed by atoms with van der Waals surface area (Å²) < 4.78 is 0. The molecule has 1 saturated carbocycles. The minimum Gasteiger partial charge on any atom is -0.0651 e. The first kappa shape index (κ1) is 19.0. The molecule has 0 aromatic carbocycles. The fraction of sp³-hybridized carbons (Fsp3) is 1.00. The van der Waals surface area contributed by atoms with E-state index >= 15 is 0 Å². The molecule has 0 aromatic heterocycles. The highest BCUT2D eigenvalue weighted by atomic mass is 14.6. The largest absolute Gasteiger partial charge is 0.0651 e. The normalized spacial score (nSPS) is 33.3. The molecule has 0 nitrogen and oxygen atoms in total. The summed E-state index contributed by atoms with van der Waals surface area (Å²) in [6, 6.07) is 0. The van der Waals surface area contributed by atoms with Gasteiger partial charge in [0.15, 0.2) is 0 Å². The van der Waals surface area contributed by atoms with E-state index in [1.807, 2.05) is 0 Å². The second-order valence-corrected chi connectivity index (χ2v) is 11.0. The van der Waals surface area contributed by atoms with Crippen molar-refractivity contribution in [1.82, 2.24) is 0 Å². The zero-order valence-corrected chi connectivity index (χ0v) is 16.8. The summed E-state index contributed by atoms with van der Waals surface area (Å²) in [7, 11) is 0. The van der Waals surface area contributed by atoms with Crippen LogP contribution < -0.4 is 0 Å². The van der Waals surface area contributed by atoms with Gasteiger partial charge in [0.05, 0.1) is 0 Å². The highest BCUT2D eigenvalue weighted by molar-refractivity contribution is 5.03. The summed E-state index contributed by atoms with van der Waals surface area (Å²) in [6.07, 6.45) is 2.76. The molecule has 0 aliphatic heterocycles. The molecular formula is C21H42. The van der Waals surface area contributed by atoms with Crippen LogP contribution in [-0.4, -0.2) is 0 Å². The topological polar surface area (TPSA) is 0 Å². The molecule has 1 rings (SSSR count). The second-order valence-electron chi connectivity index (χ2n) is 11.0. The third-order valence-electron chi connectivity index (χ3n) is 6.29. The Morgan fingerprint density at radius 3 is 1.48 bits per heavy atom. The van der Waals surface area contributed by atoms with Gasteiger partial charge in [-0.3, -0.25) is 0 Å². The Kier molecular flexibility index (Phi) is 5.35. The minimum absolute atomic E-state index is 0.401. The maximum absolute atomic E-state index is 2.49. The molecule has 0 heterocycles. The van der Waals surface area contributed by atoms with E-state index in [4.69, 9.17) is 0 Å². The van der Waals surface area contributed by atoms with E-state index in [9.17, 15) is 0 Å². The molecular weight excluding hydrogens is 252 g/mol. The third-order valence-corrected chi connectivity index (χ3v) is 6.29. The van der Waals surface area contributed by atoms with Crippen LogP contribution in [0.1, 0.15) is 89.0 Å². The van der Waals surface area contributed by atoms with Crippen LogP contribution in [0.5, 0.6) is 0 Å². The molecule has 0 aromatic rings. The van der Waals surface area contributed by atoms with Crippen LogP contribution in [0.3, 0.4) is 0 Å². The fourth-order valence-corrected chi connectivity index (χ4v) is 5.21. The molecule has 0 N–H and O–H groups in total. The van der Waals surface area contributed by atoms with Crippen molar-refractivity contribution >= 4 is 0 Å². The molecule has 126 valence electrons. The number of hydrogen-bond acceptors (Lipinski definition) is 0. The lowest BCUT2D eigenvalue weighted by molar-refractivity contribution is 0.0136. The van der Waals surface area contributed by atoms with Crippen LogP contribution in [0.15, 0.2) is 0 Å². The van der Waals surface area contributed by atoms with E-state index in [-0.39, 0.29) is 0 Å². The van der Waals surface area contributed by atoms with Crippen molar-refractivity contribution in [2.45, 2.75) is 89.0 Å². The Balaban J connectivity index is 3.34. The van der Waals surface area contributed by atoms with Crippen LogP contribution in [0.2, 0.25) is 0 Å². The lowest BCUT2D eigenvalue weighted by Crippen LogP contribution is -2.41. The van der Waals surface area contributed by atoms with Gasteiger partial charge in [0, 0.05) is 0 Å². The zero-order chi connectivity index (χ0) is 16.8. The van der Waals surface area contributed by atoms with Crippen molar-refractivity contribution in [1.29, 1.82) is 0 Å². The fourth-order valence-electron chi connectivity index (χ4n) is 5.21. The van der Waals surface area contributed by atoms with Gasteiger partial charge in [-0.25, -0.2) is 0 Å². The van der Waals surface area contributed by atoms with Gasteiger partial charge in [-0.1, -0.05) is 82.6 Å². The predicted octanol–water partition coefficient (Wildman–Crippen LogP) is 7.04. The Morgan fingerprint density at radius 2 is 1.19 bits per heavy atom. The van der Waals surface area contributed by atoms with Gasteiger partial charge in [0.25, 0.3) is 0 Å². The Hall–Kier alpha value is 0. The average molecular weight is 295 g/mol. The summed E-state index contributed by atoms with van der Waals surface area (Å²) in [5.41, 5.74) is 1.23. The van der Waals surface area contributed by atoms with Gasteiger partial charge in [0.1, 0.15) is 0 Å². The maximum atomic E-state index is 2.49.